The number of hydrogen-bond acceptors (Lipinski definition) is 5. The Balaban J connectivity index is 2.47. The molecular weight excluding hydrogens is 340 g/mol. The van der Waals surface area contributed by atoms with E-state index in [0.717, 1.165) is 14.6 Å². The quantitative estimate of drug-likeness (QED) is 0.862. The number of carbonyl (C=O) groups excluding carboxylic acids is 1. The number of halogens is 1. The van der Waals surface area contributed by atoms with E-state index in [-0.39, 0.29) is 19.0 Å². The molecule has 0 saturated heterocycles. The number of fused-ring (bicyclic) bond motifs is 1. The molecule has 0 unspecified atom stereocenters. The summed E-state index contributed by atoms with van der Waals surface area (Å²) in [5.74, 6) is -0.386. The zero-order valence-electron chi connectivity index (χ0n) is 10.3. The molecule has 0 fully saturated rings. The standard InChI is InChI=1S/C13H9BrN4OS/c14-8-1-2-9-10(7-8)20-12(11(9)17)13(19)18(5-3-15)6-4-16/h1-2,7H,5-6,17H2. The van der Waals surface area contributed by atoms with Crippen molar-refractivity contribution in [3.8, 4) is 12.1 Å². The lowest BCUT2D eigenvalue weighted by molar-refractivity contribution is 0.0800. The molecule has 0 aliphatic heterocycles. The van der Waals surface area contributed by atoms with Crippen molar-refractivity contribution in [1.29, 1.82) is 10.5 Å². The van der Waals surface area contributed by atoms with Crippen molar-refractivity contribution in [2.45, 2.75) is 0 Å². The molecule has 0 atom stereocenters. The molecule has 1 heterocycles. The van der Waals surface area contributed by atoms with Gasteiger partial charge in [0.1, 0.15) is 18.0 Å². The van der Waals surface area contributed by atoms with Gasteiger partial charge in [-0.15, -0.1) is 11.3 Å². The SMILES string of the molecule is N#CCN(CC#N)C(=O)c1sc2cc(Br)ccc2c1N. The predicted molar refractivity (Wildman–Crippen MR) is 81.1 cm³/mol. The van der Waals surface area contributed by atoms with Crippen LogP contribution in [0.3, 0.4) is 0 Å². The third-order valence-corrected chi connectivity index (χ3v) is 4.34. The first-order chi connectivity index (χ1) is 9.58. The van der Waals surface area contributed by atoms with Gasteiger partial charge in [0.05, 0.1) is 17.8 Å². The predicted octanol–water partition coefficient (Wildman–Crippen LogP) is 2.74. The molecule has 7 heteroatoms. The highest BCUT2D eigenvalue weighted by Crippen LogP contribution is 2.35. The smallest absolute Gasteiger partial charge is 0.267 e. The van der Waals surface area contributed by atoms with Gasteiger partial charge in [0, 0.05) is 14.6 Å². The van der Waals surface area contributed by atoms with Gasteiger partial charge in [0.25, 0.3) is 5.91 Å². The maximum atomic E-state index is 12.3. The summed E-state index contributed by atoms with van der Waals surface area (Å²) in [6, 6.07) is 9.32. The van der Waals surface area contributed by atoms with E-state index < -0.39 is 0 Å². The summed E-state index contributed by atoms with van der Waals surface area (Å²) in [7, 11) is 0. The Kier molecular flexibility index (Phi) is 4.23. The Hall–Kier alpha value is -2.09. The lowest BCUT2D eigenvalue weighted by Crippen LogP contribution is -2.31. The Morgan fingerprint density at radius 3 is 2.60 bits per heavy atom. The maximum Gasteiger partial charge on any atom is 0.267 e. The molecule has 2 rings (SSSR count). The number of anilines is 1. The van der Waals surface area contributed by atoms with Crippen LogP contribution in [-0.2, 0) is 0 Å². The van der Waals surface area contributed by atoms with Gasteiger partial charge >= 0.3 is 0 Å². The average Bonchev–Trinajstić information content (AvgIpc) is 2.74. The van der Waals surface area contributed by atoms with E-state index >= 15 is 0 Å². The number of nitrogens with two attached hydrogens (primary N) is 1. The molecule has 1 aromatic carbocycles. The van der Waals surface area contributed by atoms with E-state index in [1.54, 1.807) is 0 Å². The molecule has 1 aromatic heterocycles. The zero-order valence-corrected chi connectivity index (χ0v) is 12.7. The monoisotopic (exact) mass is 348 g/mol. The molecule has 0 spiro atoms. The van der Waals surface area contributed by atoms with E-state index in [1.165, 1.54) is 16.2 Å². The highest BCUT2D eigenvalue weighted by molar-refractivity contribution is 9.10. The van der Waals surface area contributed by atoms with Crippen LogP contribution < -0.4 is 5.73 Å². The summed E-state index contributed by atoms with van der Waals surface area (Å²) in [4.78, 5) is 13.9. The van der Waals surface area contributed by atoms with Crippen LogP contribution >= 0.6 is 27.3 Å². The number of nitrogens with zero attached hydrogens (tertiary/aromatic N) is 3. The van der Waals surface area contributed by atoms with Crippen molar-refractivity contribution >= 4 is 48.9 Å². The fraction of sp³-hybridized carbons (Fsp3) is 0.154. The lowest BCUT2D eigenvalue weighted by Gasteiger charge is -2.14. The van der Waals surface area contributed by atoms with Crippen LogP contribution in [-0.4, -0.2) is 23.9 Å². The average molecular weight is 349 g/mol. The first-order valence-electron chi connectivity index (χ1n) is 5.59. The van der Waals surface area contributed by atoms with E-state index in [2.05, 4.69) is 15.9 Å². The van der Waals surface area contributed by atoms with Gasteiger partial charge in [0.2, 0.25) is 0 Å². The Labute approximate surface area is 127 Å². The van der Waals surface area contributed by atoms with Crippen LogP contribution in [0.4, 0.5) is 5.69 Å². The van der Waals surface area contributed by atoms with Gasteiger partial charge in [-0.1, -0.05) is 22.0 Å². The molecule has 0 bridgehead atoms. The molecular formula is C13H9BrN4OS. The Bertz CT molecular complexity index is 740. The zero-order chi connectivity index (χ0) is 14.7. The summed E-state index contributed by atoms with van der Waals surface area (Å²) in [5, 5.41) is 18.2. The van der Waals surface area contributed by atoms with E-state index in [9.17, 15) is 4.79 Å². The molecule has 0 aliphatic carbocycles. The van der Waals surface area contributed by atoms with Crippen molar-refractivity contribution < 1.29 is 4.79 Å². The van der Waals surface area contributed by atoms with E-state index in [4.69, 9.17) is 16.3 Å². The van der Waals surface area contributed by atoms with Gasteiger partial charge in [-0.25, -0.2) is 0 Å². The second-order valence-electron chi connectivity index (χ2n) is 3.96. The van der Waals surface area contributed by atoms with Gasteiger partial charge in [0.15, 0.2) is 0 Å². The highest BCUT2D eigenvalue weighted by Gasteiger charge is 2.21. The van der Waals surface area contributed by atoms with E-state index in [1.807, 2.05) is 30.3 Å². The fourth-order valence-electron chi connectivity index (χ4n) is 1.76. The molecule has 20 heavy (non-hydrogen) atoms. The minimum Gasteiger partial charge on any atom is -0.397 e. The van der Waals surface area contributed by atoms with Gasteiger partial charge in [-0.05, 0) is 12.1 Å². The van der Waals surface area contributed by atoms with Crippen LogP contribution in [0.2, 0.25) is 0 Å². The maximum absolute atomic E-state index is 12.3. The second-order valence-corrected chi connectivity index (χ2v) is 5.93. The lowest BCUT2D eigenvalue weighted by atomic mass is 10.2. The van der Waals surface area contributed by atoms with Gasteiger partial charge in [-0.2, -0.15) is 10.5 Å². The van der Waals surface area contributed by atoms with Crippen molar-refractivity contribution in [2.24, 2.45) is 0 Å². The molecule has 2 N–H and O–H groups in total. The Morgan fingerprint density at radius 2 is 2.00 bits per heavy atom. The number of benzene rings is 1. The number of hydrogen-bond donors (Lipinski definition) is 1. The van der Waals surface area contributed by atoms with Crippen molar-refractivity contribution in [3.05, 3.63) is 27.5 Å². The molecule has 5 nitrogen and oxygen atoms in total. The minimum absolute atomic E-state index is 0.135. The topological polar surface area (TPSA) is 93.9 Å². The molecule has 1 amide bonds. The summed E-state index contributed by atoms with van der Waals surface area (Å²) in [5.41, 5.74) is 6.39. The third-order valence-electron chi connectivity index (χ3n) is 2.70. The first kappa shape index (κ1) is 14.3. The van der Waals surface area contributed by atoms with Crippen molar-refractivity contribution in [1.82, 2.24) is 4.90 Å². The van der Waals surface area contributed by atoms with Crippen molar-refractivity contribution in [2.75, 3.05) is 18.8 Å². The summed E-state index contributed by atoms with van der Waals surface area (Å²) in [6.45, 7) is -0.270. The van der Waals surface area contributed by atoms with Crippen LogP contribution in [0.15, 0.2) is 22.7 Å². The van der Waals surface area contributed by atoms with Gasteiger partial charge in [-0.3, -0.25) is 4.79 Å². The first-order valence-corrected chi connectivity index (χ1v) is 7.20. The number of carbonyl (C=O) groups is 1. The summed E-state index contributed by atoms with van der Waals surface area (Å²) in [6.07, 6.45) is 0. The van der Waals surface area contributed by atoms with E-state index in [0.29, 0.717) is 10.6 Å². The minimum atomic E-state index is -0.386. The number of rotatable bonds is 3. The summed E-state index contributed by atoms with van der Waals surface area (Å²) < 4.78 is 1.78. The number of amides is 1. The fourth-order valence-corrected chi connectivity index (χ4v) is 3.41. The molecule has 2 aromatic rings. The molecule has 100 valence electrons. The number of thiophene rings is 1. The molecule has 0 aliphatic rings. The van der Waals surface area contributed by atoms with Gasteiger partial charge < -0.3 is 10.6 Å². The normalized spacial score (nSPS) is 9.95. The van der Waals surface area contributed by atoms with Crippen molar-refractivity contribution in [3.63, 3.8) is 0 Å². The Morgan fingerprint density at radius 1 is 1.35 bits per heavy atom. The van der Waals surface area contributed by atoms with Crippen LogP contribution in [0.1, 0.15) is 9.67 Å². The highest BCUT2D eigenvalue weighted by atomic mass is 79.9. The molecule has 0 radical (unpaired) electrons. The number of nitrogen functional groups attached to an aromatic ring is 1. The van der Waals surface area contributed by atoms with Crippen LogP contribution in [0.25, 0.3) is 10.1 Å². The molecule has 0 saturated carbocycles. The number of nitriles is 2. The second kappa shape index (κ2) is 5.91. The van der Waals surface area contributed by atoms with Crippen LogP contribution in [0.5, 0.6) is 0 Å². The van der Waals surface area contributed by atoms with Crippen LogP contribution in [0, 0.1) is 22.7 Å². The third kappa shape index (κ3) is 2.60. The summed E-state index contributed by atoms with van der Waals surface area (Å²) >= 11 is 4.63. The largest absolute Gasteiger partial charge is 0.397 e.